The van der Waals surface area contributed by atoms with E-state index in [9.17, 15) is 9.59 Å². The average molecular weight is 426 g/mol. The van der Waals surface area contributed by atoms with Gasteiger partial charge in [-0.1, -0.05) is 11.6 Å². The van der Waals surface area contributed by atoms with Crippen LogP contribution >= 0.6 is 11.6 Å². The highest BCUT2D eigenvalue weighted by molar-refractivity contribution is 6.30. The molecule has 0 aromatic heterocycles. The predicted molar refractivity (Wildman–Crippen MR) is 115 cm³/mol. The molecule has 1 aliphatic heterocycles. The van der Waals surface area contributed by atoms with Crippen LogP contribution in [0.1, 0.15) is 40.0 Å². The van der Waals surface area contributed by atoms with Gasteiger partial charge in [0.25, 0.3) is 0 Å². The van der Waals surface area contributed by atoms with E-state index >= 15 is 0 Å². The molecule has 2 N–H and O–H groups in total. The van der Waals surface area contributed by atoms with Crippen LogP contribution in [0.2, 0.25) is 5.02 Å². The lowest BCUT2D eigenvalue weighted by atomic mass is 9.96. The molecule has 8 heteroatoms. The Morgan fingerprint density at radius 1 is 1.24 bits per heavy atom. The van der Waals surface area contributed by atoms with Crippen molar-refractivity contribution in [2.45, 2.75) is 45.6 Å². The third-order valence-corrected chi connectivity index (χ3v) is 4.95. The molecule has 7 nitrogen and oxygen atoms in total. The Kier molecular flexibility index (Phi) is 8.44. The van der Waals surface area contributed by atoms with E-state index < -0.39 is 11.7 Å². The van der Waals surface area contributed by atoms with E-state index in [-0.39, 0.29) is 5.91 Å². The molecule has 29 heavy (non-hydrogen) atoms. The number of nitrogens with zero attached hydrogens (tertiary/aromatic N) is 1. The molecule has 1 heterocycles. The van der Waals surface area contributed by atoms with Crippen LogP contribution in [0, 0.1) is 5.92 Å². The maximum atomic E-state index is 12.5. The van der Waals surface area contributed by atoms with E-state index in [0.29, 0.717) is 49.3 Å². The number of halogens is 1. The van der Waals surface area contributed by atoms with Crippen LogP contribution in [0.3, 0.4) is 0 Å². The fourth-order valence-corrected chi connectivity index (χ4v) is 3.38. The van der Waals surface area contributed by atoms with Crippen LogP contribution in [0.4, 0.5) is 10.5 Å². The van der Waals surface area contributed by atoms with E-state index in [0.717, 1.165) is 18.5 Å². The van der Waals surface area contributed by atoms with Crippen molar-refractivity contribution >= 4 is 29.3 Å². The third-order valence-electron chi connectivity index (χ3n) is 4.72. The lowest BCUT2D eigenvalue weighted by Gasteiger charge is -2.32. The van der Waals surface area contributed by atoms with Crippen LogP contribution in [0.25, 0.3) is 0 Å². The summed E-state index contributed by atoms with van der Waals surface area (Å²) in [6.45, 7) is 8.03. The second-order valence-corrected chi connectivity index (χ2v) is 8.66. The molecule has 0 saturated carbocycles. The Balaban J connectivity index is 1.68. The van der Waals surface area contributed by atoms with Crippen molar-refractivity contribution in [2.75, 3.05) is 38.6 Å². The molecular weight excluding hydrogens is 394 g/mol. The van der Waals surface area contributed by atoms with Crippen molar-refractivity contribution in [1.82, 2.24) is 10.2 Å². The normalized spacial score (nSPS) is 15.0. The summed E-state index contributed by atoms with van der Waals surface area (Å²) in [5.41, 5.74) is 0.281. The number of nitrogens with one attached hydrogen (secondary N) is 2. The summed E-state index contributed by atoms with van der Waals surface area (Å²) in [6.07, 6.45) is 1.75. The van der Waals surface area contributed by atoms with E-state index in [1.807, 2.05) is 25.7 Å². The highest BCUT2D eigenvalue weighted by Gasteiger charge is 2.24. The fourth-order valence-electron chi connectivity index (χ4n) is 3.21. The van der Waals surface area contributed by atoms with Crippen molar-refractivity contribution in [1.29, 1.82) is 0 Å². The van der Waals surface area contributed by atoms with Gasteiger partial charge in [-0.15, -0.1) is 0 Å². The van der Waals surface area contributed by atoms with Crippen molar-refractivity contribution in [3.63, 3.8) is 0 Å². The maximum Gasteiger partial charge on any atom is 0.407 e. The molecule has 1 aromatic carbocycles. The molecule has 0 radical (unpaired) electrons. The number of hydrogen-bond donors (Lipinski definition) is 2. The van der Waals surface area contributed by atoms with Gasteiger partial charge >= 0.3 is 6.09 Å². The number of carbonyl (C=O) groups excluding carboxylic acids is 2. The van der Waals surface area contributed by atoms with Crippen LogP contribution in [0.15, 0.2) is 18.2 Å². The SMILES string of the molecule is COc1ccc(Cl)cc1NCCC(=O)N1CCC(CNC(=O)OC(C)(C)C)CC1. The number of ether oxygens (including phenoxy) is 2. The zero-order valence-electron chi connectivity index (χ0n) is 17.7. The van der Waals surface area contributed by atoms with E-state index in [4.69, 9.17) is 21.1 Å². The first-order valence-corrected chi connectivity index (χ1v) is 10.4. The lowest BCUT2D eigenvalue weighted by Crippen LogP contribution is -2.42. The van der Waals surface area contributed by atoms with E-state index in [1.165, 1.54) is 0 Å². The van der Waals surface area contributed by atoms with Gasteiger partial charge in [0.1, 0.15) is 11.4 Å². The number of methoxy groups -OCH3 is 1. The molecule has 1 saturated heterocycles. The summed E-state index contributed by atoms with van der Waals surface area (Å²) in [6, 6.07) is 5.34. The molecule has 0 aliphatic carbocycles. The van der Waals surface area contributed by atoms with Gasteiger partial charge in [-0.05, 0) is 57.7 Å². The number of carbonyl (C=O) groups is 2. The third kappa shape index (κ3) is 8.01. The molecule has 2 amide bonds. The minimum absolute atomic E-state index is 0.122. The quantitative estimate of drug-likeness (QED) is 0.692. The van der Waals surface area contributed by atoms with Gasteiger partial charge in [-0.25, -0.2) is 4.79 Å². The summed E-state index contributed by atoms with van der Waals surface area (Å²) >= 11 is 6.02. The molecule has 1 aliphatic rings. The van der Waals surface area contributed by atoms with E-state index in [2.05, 4.69) is 10.6 Å². The maximum absolute atomic E-state index is 12.5. The Morgan fingerprint density at radius 3 is 2.55 bits per heavy atom. The Labute approximate surface area is 178 Å². The Morgan fingerprint density at radius 2 is 1.93 bits per heavy atom. The minimum atomic E-state index is -0.497. The molecular formula is C21H32ClN3O4. The van der Waals surface area contributed by atoms with Crippen molar-refractivity contribution < 1.29 is 19.1 Å². The van der Waals surface area contributed by atoms with Crippen LogP contribution in [0.5, 0.6) is 5.75 Å². The molecule has 2 rings (SSSR count). The van der Waals surface area contributed by atoms with Gasteiger partial charge in [0.2, 0.25) is 5.91 Å². The molecule has 1 aromatic rings. The van der Waals surface area contributed by atoms with Crippen molar-refractivity contribution in [3.05, 3.63) is 23.2 Å². The van der Waals surface area contributed by atoms with E-state index in [1.54, 1.807) is 25.3 Å². The zero-order chi connectivity index (χ0) is 21.4. The lowest BCUT2D eigenvalue weighted by molar-refractivity contribution is -0.132. The van der Waals surface area contributed by atoms with Crippen LogP contribution in [-0.4, -0.2) is 55.8 Å². The standard InChI is InChI=1S/C21H32ClN3O4/c1-21(2,3)29-20(27)24-14-15-8-11-25(12-9-15)19(26)7-10-23-17-13-16(22)5-6-18(17)28-4/h5-6,13,15,23H,7-12,14H2,1-4H3,(H,24,27). The van der Waals surface area contributed by atoms with Crippen molar-refractivity contribution in [3.8, 4) is 5.75 Å². The summed E-state index contributed by atoms with van der Waals surface area (Å²) in [5, 5.41) is 6.65. The summed E-state index contributed by atoms with van der Waals surface area (Å²) in [5.74, 6) is 1.18. The summed E-state index contributed by atoms with van der Waals surface area (Å²) in [7, 11) is 1.60. The number of anilines is 1. The monoisotopic (exact) mass is 425 g/mol. The number of alkyl carbamates (subject to hydrolysis) is 1. The topological polar surface area (TPSA) is 79.9 Å². The predicted octanol–water partition coefficient (Wildman–Crippen LogP) is 3.91. The molecule has 0 atom stereocenters. The van der Waals surface area contributed by atoms with Gasteiger partial charge in [0.15, 0.2) is 0 Å². The first-order chi connectivity index (χ1) is 13.7. The second-order valence-electron chi connectivity index (χ2n) is 8.23. The van der Waals surface area contributed by atoms with Gasteiger partial charge < -0.3 is 25.0 Å². The number of amides is 2. The fraction of sp³-hybridized carbons (Fsp3) is 0.619. The highest BCUT2D eigenvalue weighted by atomic mass is 35.5. The average Bonchev–Trinajstić information content (AvgIpc) is 2.65. The van der Waals surface area contributed by atoms with Crippen LogP contribution in [-0.2, 0) is 9.53 Å². The summed E-state index contributed by atoms with van der Waals surface area (Å²) < 4.78 is 10.6. The molecule has 0 spiro atoms. The van der Waals surface area contributed by atoms with Gasteiger partial charge in [0.05, 0.1) is 12.8 Å². The minimum Gasteiger partial charge on any atom is -0.495 e. The smallest absolute Gasteiger partial charge is 0.407 e. The number of likely N-dealkylation sites (tertiary alicyclic amines) is 1. The Bertz CT molecular complexity index is 698. The molecule has 162 valence electrons. The Hall–Kier alpha value is -2.15. The largest absolute Gasteiger partial charge is 0.495 e. The number of piperidine rings is 1. The molecule has 0 bridgehead atoms. The number of benzene rings is 1. The second kappa shape index (κ2) is 10.6. The van der Waals surface area contributed by atoms with Crippen LogP contribution < -0.4 is 15.4 Å². The highest BCUT2D eigenvalue weighted by Crippen LogP contribution is 2.27. The zero-order valence-corrected chi connectivity index (χ0v) is 18.5. The van der Waals surface area contributed by atoms with Gasteiger partial charge in [-0.2, -0.15) is 0 Å². The first kappa shape index (κ1) is 23.1. The van der Waals surface area contributed by atoms with Gasteiger partial charge in [0, 0.05) is 37.6 Å². The first-order valence-electron chi connectivity index (χ1n) is 10.00. The number of hydrogen-bond acceptors (Lipinski definition) is 5. The number of rotatable bonds is 7. The van der Waals surface area contributed by atoms with Gasteiger partial charge in [-0.3, -0.25) is 4.79 Å². The summed E-state index contributed by atoms with van der Waals surface area (Å²) in [4.78, 5) is 26.1. The van der Waals surface area contributed by atoms with Crippen molar-refractivity contribution in [2.24, 2.45) is 5.92 Å². The molecule has 0 unspecified atom stereocenters. The molecule has 1 fully saturated rings.